The zero-order valence-electron chi connectivity index (χ0n) is 23.3. The first-order valence-corrected chi connectivity index (χ1v) is 13.6. The normalized spacial score (nSPS) is 21.3. The lowest BCUT2D eigenvalue weighted by Gasteiger charge is -2.31. The molecule has 2 aromatic rings. The molecule has 4 atom stereocenters. The van der Waals surface area contributed by atoms with Crippen LogP contribution in [0.15, 0.2) is 42.5 Å². The summed E-state index contributed by atoms with van der Waals surface area (Å²) in [5.41, 5.74) is 2.38. The summed E-state index contributed by atoms with van der Waals surface area (Å²) in [6, 6.07) is 10.3. The molecule has 40 heavy (non-hydrogen) atoms. The summed E-state index contributed by atoms with van der Waals surface area (Å²) in [5.74, 6) is -1.74. The van der Waals surface area contributed by atoms with Crippen LogP contribution in [0.4, 0.5) is 0 Å². The van der Waals surface area contributed by atoms with Crippen LogP contribution in [0.3, 0.4) is 0 Å². The van der Waals surface area contributed by atoms with Crippen LogP contribution in [-0.4, -0.2) is 64.7 Å². The number of esters is 1. The van der Waals surface area contributed by atoms with Gasteiger partial charge in [-0.15, -0.1) is 0 Å². The number of benzene rings is 2. The number of carbonyl (C=O) groups is 4. The molecule has 0 bridgehead atoms. The van der Waals surface area contributed by atoms with E-state index in [0.29, 0.717) is 36.1 Å². The van der Waals surface area contributed by atoms with E-state index in [1.807, 2.05) is 44.2 Å². The van der Waals surface area contributed by atoms with E-state index >= 15 is 0 Å². The highest BCUT2D eigenvalue weighted by atomic mass is 16.7. The van der Waals surface area contributed by atoms with E-state index in [0.717, 1.165) is 5.56 Å². The van der Waals surface area contributed by atoms with E-state index in [-0.39, 0.29) is 36.5 Å². The first-order valence-electron chi connectivity index (χ1n) is 13.6. The standard InChI is InChI=1S/C30H37N3O7/c1-17(2)25(32-27(36)21-13-18(3)26(35)19(4)14-21)29(38)33-12-8-11-23(33)28(37)31-22-15-24(34)40-30(22)39-16-20-9-6-5-7-10-20/h5-7,9-10,13-14,17,22-23,25,30,35H,8,11-12,15-16H2,1-4H3,(H,31,37)(H,32,36). The first-order chi connectivity index (χ1) is 19.0. The second-order valence-electron chi connectivity index (χ2n) is 10.8. The number of carbonyl (C=O) groups excluding carboxylic acids is 4. The summed E-state index contributed by atoms with van der Waals surface area (Å²) in [5, 5.41) is 15.7. The van der Waals surface area contributed by atoms with Crippen LogP contribution in [0.1, 0.15) is 60.2 Å². The number of rotatable bonds is 9. The molecule has 4 rings (SSSR count). The topological polar surface area (TPSA) is 134 Å². The molecular formula is C30H37N3O7. The van der Waals surface area contributed by atoms with E-state index in [9.17, 15) is 24.3 Å². The largest absolute Gasteiger partial charge is 0.507 e. The van der Waals surface area contributed by atoms with Crippen LogP contribution in [0, 0.1) is 19.8 Å². The Morgan fingerprint density at radius 3 is 2.45 bits per heavy atom. The average Bonchev–Trinajstić information content (AvgIpc) is 3.55. The van der Waals surface area contributed by atoms with Crippen LogP contribution in [0.25, 0.3) is 0 Å². The van der Waals surface area contributed by atoms with Crippen molar-refractivity contribution in [1.82, 2.24) is 15.5 Å². The van der Waals surface area contributed by atoms with Crippen molar-refractivity contribution in [1.29, 1.82) is 0 Å². The van der Waals surface area contributed by atoms with Crippen LogP contribution in [0.5, 0.6) is 5.75 Å². The Morgan fingerprint density at radius 2 is 1.80 bits per heavy atom. The SMILES string of the molecule is Cc1cc(C(=O)NC(C(=O)N2CCCC2C(=O)NC2CC(=O)OC2OCc2ccccc2)C(C)C)cc(C)c1O. The molecule has 2 aliphatic rings. The third kappa shape index (κ3) is 6.62. The number of nitrogens with zero attached hydrogens (tertiary/aromatic N) is 1. The Balaban J connectivity index is 1.41. The molecule has 2 heterocycles. The molecular weight excluding hydrogens is 514 g/mol. The van der Waals surface area contributed by atoms with Gasteiger partial charge in [0.1, 0.15) is 23.9 Å². The first kappa shape index (κ1) is 29.1. The summed E-state index contributed by atoms with van der Waals surface area (Å²) in [6.07, 6.45) is 0.140. The van der Waals surface area contributed by atoms with Crippen LogP contribution >= 0.6 is 0 Å². The predicted molar refractivity (Wildman–Crippen MR) is 146 cm³/mol. The molecule has 0 aromatic heterocycles. The molecule has 2 aliphatic heterocycles. The summed E-state index contributed by atoms with van der Waals surface area (Å²) >= 11 is 0. The van der Waals surface area contributed by atoms with Crippen molar-refractivity contribution in [3.8, 4) is 5.75 Å². The van der Waals surface area contributed by atoms with Gasteiger partial charge in [0.25, 0.3) is 5.91 Å². The fourth-order valence-electron chi connectivity index (χ4n) is 5.14. The molecule has 214 valence electrons. The zero-order chi connectivity index (χ0) is 29.0. The summed E-state index contributed by atoms with van der Waals surface area (Å²) in [4.78, 5) is 53.6. The number of phenolic OH excluding ortho intramolecular Hbond substituents is 1. The Morgan fingerprint density at radius 1 is 1.12 bits per heavy atom. The van der Waals surface area contributed by atoms with Crippen molar-refractivity contribution in [2.75, 3.05) is 6.54 Å². The molecule has 0 radical (unpaired) electrons. The number of ether oxygens (including phenoxy) is 2. The van der Waals surface area contributed by atoms with E-state index in [4.69, 9.17) is 9.47 Å². The maximum Gasteiger partial charge on any atom is 0.310 e. The highest BCUT2D eigenvalue weighted by Gasteiger charge is 2.42. The van der Waals surface area contributed by atoms with Gasteiger partial charge in [0.05, 0.1) is 13.0 Å². The van der Waals surface area contributed by atoms with Gasteiger partial charge in [-0.05, 0) is 61.4 Å². The molecule has 2 saturated heterocycles. The number of hydrogen-bond donors (Lipinski definition) is 3. The third-order valence-electron chi connectivity index (χ3n) is 7.36. The summed E-state index contributed by atoms with van der Waals surface area (Å²) < 4.78 is 11.1. The lowest BCUT2D eigenvalue weighted by atomic mass is 10.0. The van der Waals surface area contributed by atoms with Gasteiger partial charge in [0.2, 0.25) is 18.1 Å². The Labute approximate surface area is 234 Å². The second-order valence-corrected chi connectivity index (χ2v) is 10.8. The quantitative estimate of drug-likeness (QED) is 0.408. The lowest BCUT2D eigenvalue weighted by molar-refractivity contribution is -0.168. The van der Waals surface area contributed by atoms with Gasteiger partial charge >= 0.3 is 5.97 Å². The fourth-order valence-corrected chi connectivity index (χ4v) is 5.14. The minimum atomic E-state index is -0.929. The van der Waals surface area contributed by atoms with Crippen molar-refractivity contribution >= 4 is 23.7 Å². The fraction of sp³-hybridized carbons (Fsp3) is 0.467. The van der Waals surface area contributed by atoms with Crippen molar-refractivity contribution in [3.05, 3.63) is 64.7 Å². The van der Waals surface area contributed by atoms with Crippen LogP contribution in [0.2, 0.25) is 0 Å². The van der Waals surface area contributed by atoms with Gasteiger partial charge in [-0.25, -0.2) is 0 Å². The molecule has 10 heteroatoms. The lowest BCUT2D eigenvalue weighted by Crippen LogP contribution is -2.56. The number of likely N-dealkylation sites (tertiary alicyclic amines) is 1. The molecule has 3 N–H and O–H groups in total. The third-order valence-corrected chi connectivity index (χ3v) is 7.36. The minimum absolute atomic E-state index is 0.0258. The van der Waals surface area contributed by atoms with Gasteiger partial charge in [-0.2, -0.15) is 0 Å². The number of phenols is 1. The van der Waals surface area contributed by atoms with Gasteiger partial charge in [-0.3, -0.25) is 19.2 Å². The number of cyclic esters (lactones) is 1. The minimum Gasteiger partial charge on any atom is -0.507 e. The molecule has 0 spiro atoms. The number of aromatic hydroxyl groups is 1. The molecule has 2 fully saturated rings. The maximum absolute atomic E-state index is 13.7. The highest BCUT2D eigenvalue weighted by molar-refractivity contribution is 5.99. The van der Waals surface area contributed by atoms with E-state index in [2.05, 4.69) is 10.6 Å². The summed E-state index contributed by atoms with van der Waals surface area (Å²) in [6.45, 7) is 7.67. The molecule has 0 saturated carbocycles. The Bertz CT molecular complexity index is 1240. The Kier molecular flexibility index (Phi) is 9.09. The monoisotopic (exact) mass is 551 g/mol. The van der Waals surface area contributed by atoms with Crippen molar-refractivity contribution in [2.45, 2.75) is 78.0 Å². The van der Waals surface area contributed by atoms with Gasteiger partial charge in [0.15, 0.2) is 0 Å². The number of aryl methyl sites for hydroxylation is 2. The van der Waals surface area contributed by atoms with Crippen molar-refractivity contribution < 1.29 is 33.8 Å². The number of nitrogens with one attached hydrogen (secondary N) is 2. The van der Waals surface area contributed by atoms with Crippen LogP contribution < -0.4 is 10.6 Å². The number of amides is 3. The second kappa shape index (κ2) is 12.5. The van der Waals surface area contributed by atoms with E-state index in [1.165, 1.54) is 4.90 Å². The Hall–Kier alpha value is -3.92. The van der Waals surface area contributed by atoms with Crippen LogP contribution in [-0.2, 0) is 30.5 Å². The predicted octanol–water partition coefficient (Wildman–Crippen LogP) is 2.73. The molecule has 3 amide bonds. The van der Waals surface area contributed by atoms with E-state index < -0.39 is 36.3 Å². The zero-order valence-corrected chi connectivity index (χ0v) is 23.3. The molecule has 2 aromatic carbocycles. The summed E-state index contributed by atoms with van der Waals surface area (Å²) in [7, 11) is 0. The van der Waals surface area contributed by atoms with Crippen molar-refractivity contribution in [3.63, 3.8) is 0 Å². The van der Waals surface area contributed by atoms with Gasteiger partial charge in [0, 0.05) is 12.1 Å². The van der Waals surface area contributed by atoms with E-state index in [1.54, 1.807) is 26.0 Å². The van der Waals surface area contributed by atoms with Crippen molar-refractivity contribution in [2.24, 2.45) is 5.92 Å². The van der Waals surface area contributed by atoms with Gasteiger partial charge < -0.3 is 30.1 Å². The van der Waals surface area contributed by atoms with Gasteiger partial charge in [-0.1, -0.05) is 44.2 Å². The highest BCUT2D eigenvalue weighted by Crippen LogP contribution is 2.25. The smallest absolute Gasteiger partial charge is 0.310 e. The molecule has 0 aliphatic carbocycles. The number of hydrogen-bond acceptors (Lipinski definition) is 7. The average molecular weight is 552 g/mol. The molecule has 10 nitrogen and oxygen atoms in total. The molecule has 4 unspecified atom stereocenters. The maximum atomic E-state index is 13.7.